The van der Waals surface area contributed by atoms with Crippen LogP contribution >= 0.6 is 23.5 Å². The van der Waals surface area contributed by atoms with Crippen molar-refractivity contribution in [2.24, 2.45) is 0 Å². The van der Waals surface area contributed by atoms with Gasteiger partial charge in [0.05, 0.1) is 6.61 Å². The van der Waals surface area contributed by atoms with Gasteiger partial charge in [-0.15, -0.1) is 0 Å². The molecule has 0 bridgehead atoms. The summed E-state index contributed by atoms with van der Waals surface area (Å²) in [6.45, 7) is -1.89. The maximum Gasteiger partial charge on any atom is 0.490 e. The lowest BCUT2D eigenvalue weighted by Crippen LogP contribution is -2.19. The van der Waals surface area contributed by atoms with Crippen LogP contribution in [0.25, 0.3) is 0 Å². The van der Waals surface area contributed by atoms with Gasteiger partial charge in [-0.3, -0.25) is 4.52 Å². The molecular formula is C4H12FO11P3. The molecule has 4 N–H and O–H groups in total. The van der Waals surface area contributed by atoms with Crippen molar-refractivity contribution < 1.29 is 55.5 Å². The van der Waals surface area contributed by atoms with Gasteiger partial charge in [-0.2, -0.15) is 8.62 Å². The van der Waals surface area contributed by atoms with E-state index >= 15 is 0 Å². The van der Waals surface area contributed by atoms with E-state index in [1.165, 1.54) is 0 Å². The zero-order valence-corrected chi connectivity index (χ0v) is 12.0. The number of halogens is 1. The summed E-state index contributed by atoms with van der Waals surface area (Å²) in [5.41, 5.74) is 0. The zero-order valence-electron chi connectivity index (χ0n) is 9.36. The minimum Gasteiger partial charge on any atom is -0.376 e. The third-order valence-electron chi connectivity index (χ3n) is 1.34. The second kappa shape index (κ2) is 7.35. The van der Waals surface area contributed by atoms with E-state index in [4.69, 9.17) is 19.6 Å². The minimum absolute atomic E-state index is 0.809. The van der Waals surface area contributed by atoms with Gasteiger partial charge >= 0.3 is 23.5 Å². The average molecular weight is 348 g/mol. The normalized spacial score (nSPS) is 20.5. The van der Waals surface area contributed by atoms with Crippen molar-refractivity contribution in [3.05, 3.63) is 0 Å². The van der Waals surface area contributed by atoms with Crippen molar-refractivity contribution in [2.75, 3.05) is 20.4 Å². The predicted molar refractivity (Wildman–Crippen MR) is 56.6 cm³/mol. The van der Waals surface area contributed by atoms with Crippen LogP contribution in [0.3, 0.4) is 0 Å². The molecule has 15 heteroatoms. The van der Waals surface area contributed by atoms with Crippen LogP contribution in [-0.2, 0) is 31.6 Å². The smallest absolute Gasteiger partial charge is 0.376 e. The fourth-order valence-corrected chi connectivity index (χ4v) is 3.71. The van der Waals surface area contributed by atoms with E-state index < -0.39 is 42.9 Å². The first-order valence-electron chi connectivity index (χ1n) is 4.28. The number of ether oxygens (including phenoxy) is 1. The lowest BCUT2D eigenvalue weighted by atomic mass is 10.4. The molecular weight excluding hydrogens is 336 g/mol. The number of methoxy groups -OCH3 is 1. The first-order valence-corrected chi connectivity index (χ1v) is 8.80. The quantitative estimate of drug-likeness (QED) is 0.423. The molecule has 0 rings (SSSR count). The number of phosphoric ester groups is 1. The van der Waals surface area contributed by atoms with Gasteiger partial charge in [-0.1, -0.05) is 0 Å². The number of alkyl halides is 1. The Hall–Kier alpha value is 0.300. The Balaban J connectivity index is 4.55. The molecule has 0 aromatic carbocycles. The molecule has 19 heavy (non-hydrogen) atoms. The third-order valence-corrected chi connectivity index (χ3v) is 5.15. The third kappa shape index (κ3) is 9.78. The number of phosphoric acid groups is 3. The highest BCUT2D eigenvalue weighted by Gasteiger charge is 2.40. The Bertz CT molecular complexity index is 414. The molecule has 0 aromatic heterocycles. The lowest BCUT2D eigenvalue weighted by molar-refractivity contribution is 0.0297. The molecule has 0 heterocycles. The van der Waals surface area contributed by atoms with Gasteiger partial charge in [0, 0.05) is 7.11 Å². The van der Waals surface area contributed by atoms with Crippen LogP contribution in [0.4, 0.5) is 4.39 Å². The first kappa shape index (κ1) is 19.3. The van der Waals surface area contributed by atoms with E-state index in [0.717, 1.165) is 7.11 Å². The van der Waals surface area contributed by atoms with Gasteiger partial charge in [-0.25, -0.2) is 18.1 Å². The van der Waals surface area contributed by atoms with E-state index in [0.29, 0.717) is 0 Å². The van der Waals surface area contributed by atoms with Gasteiger partial charge in [-0.05, 0) is 0 Å². The molecule has 0 aliphatic rings. The van der Waals surface area contributed by atoms with Crippen LogP contribution in [0.5, 0.6) is 0 Å². The second-order valence-corrected chi connectivity index (χ2v) is 7.32. The summed E-state index contributed by atoms with van der Waals surface area (Å²) in [6, 6.07) is 0. The molecule has 0 aliphatic carbocycles. The van der Waals surface area contributed by atoms with Crippen molar-refractivity contribution in [2.45, 2.75) is 6.10 Å². The highest BCUT2D eigenvalue weighted by Crippen LogP contribution is 2.66. The summed E-state index contributed by atoms with van der Waals surface area (Å²) in [4.78, 5) is 34.2. The van der Waals surface area contributed by atoms with Crippen molar-refractivity contribution in [1.82, 2.24) is 0 Å². The standard InChI is InChI=1S/C4H12FO11P3/c1-13-4(2-5)3-14-18(9,10)16-19(11,12)15-17(6,7)8/h4H,2-3H2,1H3,(H,9,10)(H,11,12)(H2,6,7,8). The number of hydrogen-bond acceptors (Lipinski definition) is 7. The van der Waals surface area contributed by atoms with Crippen molar-refractivity contribution in [1.29, 1.82) is 0 Å². The minimum atomic E-state index is -5.55. The van der Waals surface area contributed by atoms with E-state index in [2.05, 4.69) is 17.9 Å². The summed E-state index contributed by atoms with van der Waals surface area (Å²) in [5.74, 6) is 0. The van der Waals surface area contributed by atoms with Gasteiger partial charge in [0.25, 0.3) is 0 Å². The van der Waals surface area contributed by atoms with Gasteiger partial charge < -0.3 is 24.3 Å². The molecule has 0 aromatic rings. The Morgan fingerprint density at radius 2 is 1.58 bits per heavy atom. The van der Waals surface area contributed by atoms with Crippen LogP contribution in [0.15, 0.2) is 0 Å². The number of hydrogen-bond donors (Lipinski definition) is 4. The fourth-order valence-electron chi connectivity index (χ4n) is 0.656. The Morgan fingerprint density at radius 1 is 1.05 bits per heavy atom. The molecule has 0 saturated carbocycles. The van der Waals surface area contributed by atoms with E-state index in [1.807, 2.05) is 0 Å². The molecule has 11 nitrogen and oxygen atoms in total. The molecule has 0 saturated heterocycles. The Kier molecular flexibility index (Phi) is 7.46. The Morgan fingerprint density at radius 3 is 1.95 bits per heavy atom. The maximum absolute atomic E-state index is 12.1. The van der Waals surface area contributed by atoms with Gasteiger partial charge in [0.15, 0.2) is 0 Å². The van der Waals surface area contributed by atoms with Crippen molar-refractivity contribution in [3.63, 3.8) is 0 Å². The molecule has 0 radical (unpaired) electrons. The summed E-state index contributed by atoms with van der Waals surface area (Å²) >= 11 is 0. The largest absolute Gasteiger partial charge is 0.490 e. The van der Waals surface area contributed by atoms with E-state index in [1.54, 1.807) is 0 Å². The summed E-state index contributed by atoms with van der Waals surface area (Å²) < 4.78 is 59.8. The molecule has 3 unspecified atom stereocenters. The Labute approximate surface area is 106 Å². The molecule has 0 aliphatic heterocycles. The lowest BCUT2D eigenvalue weighted by Gasteiger charge is -2.17. The molecule has 0 fully saturated rings. The van der Waals surface area contributed by atoms with Crippen molar-refractivity contribution >= 4 is 23.5 Å². The van der Waals surface area contributed by atoms with Crippen LogP contribution in [-0.4, -0.2) is 46.1 Å². The first-order chi connectivity index (χ1) is 8.41. The topological polar surface area (TPSA) is 169 Å². The van der Waals surface area contributed by atoms with Gasteiger partial charge in [0.1, 0.15) is 12.8 Å². The average Bonchev–Trinajstić information content (AvgIpc) is 2.12. The van der Waals surface area contributed by atoms with Crippen LogP contribution in [0, 0.1) is 0 Å². The molecule has 0 amide bonds. The zero-order chi connectivity index (χ0) is 15.3. The van der Waals surface area contributed by atoms with Crippen LogP contribution in [0.2, 0.25) is 0 Å². The summed E-state index contributed by atoms with van der Waals surface area (Å²) in [7, 11) is -15.1. The summed E-state index contributed by atoms with van der Waals surface area (Å²) in [6.07, 6.45) is -1.23. The SMILES string of the molecule is COC(CF)COP(=O)(O)OP(=O)(O)OP(=O)(O)O. The van der Waals surface area contributed by atoms with E-state index in [-0.39, 0.29) is 0 Å². The summed E-state index contributed by atoms with van der Waals surface area (Å²) in [5, 5.41) is 0. The van der Waals surface area contributed by atoms with Crippen LogP contribution in [0.1, 0.15) is 0 Å². The predicted octanol–water partition coefficient (Wildman–Crippen LogP) is 0.314. The molecule has 3 atom stereocenters. The van der Waals surface area contributed by atoms with Crippen LogP contribution < -0.4 is 0 Å². The highest BCUT2D eigenvalue weighted by molar-refractivity contribution is 7.66. The van der Waals surface area contributed by atoms with Gasteiger partial charge in [0.2, 0.25) is 0 Å². The fraction of sp³-hybridized carbons (Fsp3) is 1.00. The second-order valence-electron chi connectivity index (χ2n) is 2.90. The van der Waals surface area contributed by atoms with Crippen molar-refractivity contribution in [3.8, 4) is 0 Å². The maximum atomic E-state index is 12.1. The van der Waals surface area contributed by atoms with E-state index in [9.17, 15) is 18.1 Å². The molecule has 116 valence electrons. The molecule has 0 spiro atoms. The monoisotopic (exact) mass is 348 g/mol. The number of rotatable bonds is 9. The highest BCUT2D eigenvalue weighted by atomic mass is 31.3.